The highest BCUT2D eigenvalue weighted by molar-refractivity contribution is 6.33. The van der Waals surface area contributed by atoms with Crippen LogP contribution in [-0.4, -0.2) is 23.7 Å². The highest BCUT2D eigenvalue weighted by Gasteiger charge is 2.13. The summed E-state index contributed by atoms with van der Waals surface area (Å²) < 4.78 is 11.3. The summed E-state index contributed by atoms with van der Waals surface area (Å²) in [5.74, 6) is 1.06. The maximum atomic E-state index is 12.0. The lowest BCUT2D eigenvalue weighted by molar-refractivity contribution is -0.384. The minimum atomic E-state index is -0.524. The van der Waals surface area contributed by atoms with Gasteiger partial charge in [-0.05, 0) is 55.7 Å². The molecule has 0 radical (unpaired) electrons. The highest BCUT2D eigenvalue weighted by Crippen LogP contribution is 2.32. The third-order valence-electron chi connectivity index (χ3n) is 4.66. The minimum Gasteiger partial charge on any atom is -0.483 e. The van der Waals surface area contributed by atoms with E-state index in [1.807, 2.05) is 32.9 Å². The van der Waals surface area contributed by atoms with Crippen molar-refractivity contribution in [2.75, 3.05) is 6.61 Å². The first kappa shape index (κ1) is 22.0. The summed E-state index contributed by atoms with van der Waals surface area (Å²) >= 11 is 6.11. The van der Waals surface area contributed by atoms with Crippen LogP contribution in [0.2, 0.25) is 5.02 Å². The lowest BCUT2D eigenvalue weighted by atomic mass is 10.1. The van der Waals surface area contributed by atoms with Crippen molar-refractivity contribution in [2.45, 2.75) is 20.8 Å². The Balaban J connectivity index is 1.59. The van der Waals surface area contributed by atoms with Crippen molar-refractivity contribution in [2.24, 2.45) is 5.10 Å². The number of benzene rings is 2. The molecule has 31 heavy (non-hydrogen) atoms. The van der Waals surface area contributed by atoms with E-state index in [2.05, 4.69) is 10.5 Å². The number of furan rings is 1. The number of hydrazone groups is 1. The number of nitro benzene ring substituents is 1. The van der Waals surface area contributed by atoms with Crippen molar-refractivity contribution in [3.63, 3.8) is 0 Å². The Morgan fingerprint density at radius 2 is 1.94 bits per heavy atom. The van der Waals surface area contributed by atoms with Gasteiger partial charge in [-0.15, -0.1) is 0 Å². The Morgan fingerprint density at radius 1 is 1.19 bits per heavy atom. The summed E-state index contributed by atoms with van der Waals surface area (Å²) in [6, 6.07) is 11.3. The summed E-state index contributed by atoms with van der Waals surface area (Å²) in [6.07, 6.45) is 1.34. The van der Waals surface area contributed by atoms with E-state index in [4.69, 9.17) is 20.8 Å². The Hall–Kier alpha value is -3.65. The monoisotopic (exact) mass is 441 g/mol. The van der Waals surface area contributed by atoms with Gasteiger partial charge in [-0.3, -0.25) is 14.9 Å². The van der Waals surface area contributed by atoms with Gasteiger partial charge in [-0.25, -0.2) is 5.43 Å². The Labute approximate surface area is 183 Å². The normalized spacial score (nSPS) is 11.0. The van der Waals surface area contributed by atoms with Gasteiger partial charge in [0.1, 0.15) is 17.3 Å². The molecule has 0 spiro atoms. The molecular formula is C22H20ClN3O5. The van der Waals surface area contributed by atoms with E-state index in [1.165, 1.54) is 24.4 Å². The molecule has 1 N–H and O–H groups in total. The lowest BCUT2D eigenvalue weighted by Gasteiger charge is -2.13. The molecule has 3 rings (SSSR count). The van der Waals surface area contributed by atoms with Gasteiger partial charge >= 0.3 is 0 Å². The molecule has 0 aliphatic rings. The van der Waals surface area contributed by atoms with Crippen LogP contribution in [-0.2, 0) is 4.79 Å². The Kier molecular flexibility index (Phi) is 6.71. The van der Waals surface area contributed by atoms with Crippen molar-refractivity contribution < 1.29 is 18.9 Å². The molecule has 1 amide bonds. The van der Waals surface area contributed by atoms with E-state index in [0.29, 0.717) is 22.8 Å². The molecular weight excluding hydrogens is 422 g/mol. The fraction of sp³-hybridized carbons (Fsp3) is 0.182. The lowest BCUT2D eigenvalue weighted by Crippen LogP contribution is -2.25. The van der Waals surface area contributed by atoms with Crippen LogP contribution in [0.1, 0.15) is 22.5 Å². The van der Waals surface area contributed by atoms with E-state index in [9.17, 15) is 14.9 Å². The number of amides is 1. The molecule has 1 aromatic heterocycles. The molecule has 0 saturated heterocycles. The van der Waals surface area contributed by atoms with Crippen LogP contribution >= 0.6 is 11.6 Å². The van der Waals surface area contributed by atoms with Gasteiger partial charge in [-0.2, -0.15) is 5.10 Å². The quantitative estimate of drug-likeness (QED) is 0.316. The van der Waals surface area contributed by atoms with E-state index < -0.39 is 10.8 Å². The number of ether oxygens (including phenoxy) is 1. The summed E-state index contributed by atoms with van der Waals surface area (Å²) in [7, 11) is 0. The summed E-state index contributed by atoms with van der Waals surface area (Å²) in [6.45, 7) is 5.67. The number of aryl methyl sites for hydroxylation is 2. The number of halogens is 1. The topological polar surface area (TPSA) is 107 Å². The average molecular weight is 442 g/mol. The molecule has 1 heterocycles. The van der Waals surface area contributed by atoms with Gasteiger partial charge in [0.15, 0.2) is 6.61 Å². The molecule has 160 valence electrons. The zero-order chi connectivity index (χ0) is 22.5. The van der Waals surface area contributed by atoms with Crippen molar-refractivity contribution in [1.82, 2.24) is 5.43 Å². The van der Waals surface area contributed by atoms with Crippen LogP contribution in [0.3, 0.4) is 0 Å². The van der Waals surface area contributed by atoms with Crippen LogP contribution in [0, 0.1) is 30.9 Å². The fourth-order valence-electron chi connectivity index (χ4n) is 2.87. The number of nitrogens with one attached hydrogen (secondary N) is 1. The van der Waals surface area contributed by atoms with Gasteiger partial charge in [0.25, 0.3) is 11.6 Å². The minimum absolute atomic E-state index is 0.108. The molecule has 9 heteroatoms. The van der Waals surface area contributed by atoms with Crippen molar-refractivity contribution in [1.29, 1.82) is 0 Å². The number of rotatable bonds is 7. The molecule has 0 aliphatic carbocycles. The first-order chi connectivity index (χ1) is 14.8. The number of carbonyl (C=O) groups is 1. The third kappa shape index (κ3) is 5.29. The highest BCUT2D eigenvalue weighted by atomic mass is 35.5. The number of carbonyl (C=O) groups excluding carboxylic acids is 1. The SMILES string of the molecule is Cc1ccc(C)c(OCC(=O)NN=Cc2ccc(-c3ccc([N+](=O)[O-])cc3Cl)o2)c1C. The van der Waals surface area contributed by atoms with Crippen LogP contribution in [0.15, 0.2) is 52.0 Å². The molecule has 0 atom stereocenters. The number of non-ortho nitro benzene ring substituents is 1. The molecule has 0 aliphatic heterocycles. The molecule has 0 fully saturated rings. The van der Waals surface area contributed by atoms with E-state index >= 15 is 0 Å². The van der Waals surface area contributed by atoms with Gasteiger partial charge in [0.2, 0.25) is 0 Å². The number of hydrogen-bond acceptors (Lipinski definition) is 6. The Morgan fingerprint density at radius 3 is 2.65 bits per heavy atom. The first-order valence-corrected chi connectivity index (χ1v) is 9.69. The zero-order valence-corrected chi connectivity index (χ0v) is 17.9. The van der Waals surface area contributed by atoms with Gasteiger partial charge in [0, 0.05) is 17.7 Å². The van der Waals surface area contributed by atoms with Crippen LogP contribution < -0.4 is 10.2 Å². The first-order valence-electron chi connectivity index (χ1n) is 9.32. The smallest absolute Gasteiger partial charge is 0.277 e. The van der Waals surface area contributed by atoms with Gasteiger partial charge in [0.05, 0.1) is 16.2 Å². The Bertz CT molecular complexity index is 1170. The predicted octanol–water partition coefficient (Wildman–Crippen LogP) is 4.96. The number of nitro groups is 1. The van der Waals surface area contributed by atoms with E-state index in [-0.39, 0.29) is 17.3 Å². The second kappa shape index (κ2) is 9.44. The number of hydrogen-bond donors (Lipinski definition) is 1. The second-order valence-corrected chi connectivity index (χ2v) is 7.27. The summed E-state index contributed by atoms with van der Waals surface area (Å²) in [5, 5.41) is 14.9. The van der Waals surface area contributed by atoms with Crippen molar-refractivity contribution in [3.05, 3.63) is 80.1 Å². The van der Waals surface area contributed by atoms with Gasteiger partial charge in [-0.1, -0.05) is 23.7 Å². The molecule has 3 aromatic rings. The van der Waals surface area contributed by atoms with Crippen molar-refractivity contribution in [3.8, 4) is 17.1 Å². The molecule has 0 bridgehead atoms. The maximum absolute atomic E-state index is 12.0. The van der Waals surface area contributed by atoms with Gasteiger partial charge < -0.3 is 9.15 Å². The van der Waals surface area contributed by atoms with Crippen molar-refractivity contribution >= 4 is 29.4 Å². The average Bonchev–Trinajstić information content (AvgIpc) is 3.19. The zero-order valence-electron chi connectivity index (χ0n) is 17.1. The summed E-state index contributed by atoms with van der Waals surface area (Å²) in [5.41, 5.74) is 5.80. The summed E-state index contributed by atoms with van der Waals surface area (Å²) in [4.78, 5) is 22.3. The molecule has 2 aromatic carbocycles. The van der Waals surface area contributed by atoms with E-state index in [0.717, 1.165) is 16.7 Å². The van der Waals surface area contributed by atoms with E-state index in [1.54, 1.807) is 12.1 Å². The third-order valence-corrected chi connectivity index (χ3v) is 4.97. The molecule has 0 saturated carbocycles. The van der Waals surface area contributed by atoms with Crippen LogP contribution in [0.4, 0.5) is 5.69 Å². The van der Waals surface area contributed by atoms with Crippen LogP contribution in [0.5, 0.6) is 5.75 Å². The fourth-order valence-corrected chi connectivity index (χ4v) is 3.14. The standard InChI is InChI=1S/C22H20ClN3O5/c1-13-4-5-14(2)22(15(13)3)30-12-21(27)25-24-11-17-7-9-20(31-17)18-8-6-16(26(28)29)10-19(18)23/h4-11H,12H2,1-3H3,(H,25,27). The van der Waals surface area contributed by atoms with Crippen LogP contribution in [0.25, 0.3) is 11.3 Å². The largest absolute Gasteiger partial charge is 0.483 e. The molecule has 8 nitrogen and oxygen atoms in total. The second-order valence-electron chi connectivity index (χ2n) is 6.86. The predicted molar refractivity (Wildman–Crippen MR) is 118 cm³/mol. The maximum Gasteiger partial charge on any atom is 0.277 e. The molecule has 0 unspecified atom stereocenters. The number of nitrogens with zero attached hydrogens (tertiary/aromatic N) is 2.